The second-order valence-electron chi connectivity index (χ2n) is 4.91. The van der Waals surface area contributed by atoms with E-state index in [0.717, 1.165) is 13.0 Å². The van der Waals surface area contributed by atoms with E-state index in [9.17, 15) is 4.79 Å². The molecule has 0 aromatic heterocycles. The predicted octanol–water partition coefficient (Wildman–Crippen LogP) is 2.12. The summed E-state index contributed by atoms with van der Waals surface area (Å²) in [6.45, 7) is 5.83. The highest BCUT2D eigenvalue weighted by atomic mass is 16.5. The fraction of sp³-hybridized carbons (Fsp3) is 0.533. The van der Waals surface area contributed by atoms with Crippen LogP contribution in [0.4, 0.5) is 0 Å². The van der Waals surface area contributed by atoms with E-state index in [-0.39, 0.29) is 11.9 Å². The van der Waals surface area contributed by atoms with Gasteiger partial charge >= 0.3 is 5.97 Å². The molecule has 0 fully saturated rings. The number of nitrogens with one attached hydrogen (secondary N) is 1. The first-order valence-electron chi connectivity index (χ1n) is 6.67. The van der Waals surface area contributed by atoms with E-state index in [1.165, 1.54) is 11.1 Å². The number of hydrogen-bond acceptors (Lipinski definition) is 3. The first-order chi connectivity index (χ1) is 8.72. The van der Waals surface area contributed by atoms with Crippen molar-refractivity contribution < 1.29 is 9.53 Å². The van der Waals surface area contributed by atoms with Crippen LogP contribution in [0, 0.1) is 5.92 Å². The highest BCUT2D eigenvalue weighted by molar-refractivity contribution is 5.72. The Balaban J connectivity index is 1.70. The van der Waals surface area contributed by atoms with Crippen LogP contribution in [0.2, 0.25) is 0 Å². The maximum Gasteiger partial charge on any atom is 0.309 e. The van der Waals surface area contributed by atoms with E-state index in [4.69, 9.17) is 4.74 Å². The number of ether oxygens (including phenoxy) is 1. The van der Waals surface area contributed by atoms with Gasteiger partial charge in [-0.2, -0.15) is 0 Å². The molecule has 0 saturated heterocycles. The minimum absolute atomic E-state index is 0.0692. The lowest BCUT2D eigenvalue weighted by Crippen LogP contribution is -2.34. The molecule has 1 aliphatic carbocycles. The summed E-state index contributed by atoms with van der Waals surface area (Å²) in [6, 6.07) is 8.56. The Bertz CT molecular complexity index is 417. The number of carbonyl (C=O) groups is 1. The Kier molecular flexibility index (Phi) is 4.37. The van der Waals surface area contributed by atoms with Gasteiger partial charge in [-0.05, 0) is 24.5 Å². The molecule has 3 heteroatoms. The SMILES string of the molecule is CCOC(=O)C(C)CNCC1Cc2ccccc21. The normalized spacial score (nSPS) is 18.7. The number of fused-ring (bicyclic) bond motifs is 1. The van der Waals surface area contributed by atoms with Crippen molar-refractivity contribution in [3.05, 3.63) is 35.4 Å². The number of hydrogen-bond donors (Lipinski definition) is 1. The number of benzene rings is 1. The van der Waals surface area contributed by atoms with E-state index < -0.39 is 0 Å². The quantitative estimate of drug-likeness (QED) is 0.782. The summed E-state index contributed by atoms with van der Waals surface area (Å²) < 4.78 is 4.98. The van der Waals surface area contributed by atoms with Crippen LogP contribution in [0.1, 0.15) is 30.9 Å². The fourth-order valence-electron chi connectivity index (χ4n) is 2.39. The maximum atomic E-state index is 11.4. The van der Waals surface area contributed by atoms with Gasteiger partial charge in [0.2, 0.25) is 0 Å². The summed E-state index contributed by atoms with van der Waals surface area (Å²) in [6.07, 6.45) is 1.15. The Morgan fingerprint density at radius 3 is 3.00 bits per heavy atom. The van der Waals surface area contributed by atoms with Gasteiger partial charge in [-0.15, -0.1) is 0 Å². The molecule has 1 aromatic rings. The van der Waals surface area contributed by atoms with Gasteiger partial charge in [0.15, 0.2) is 0 Å². The molecular weight excluding hydrogens is 226 g/mol. The van der Waals surface area contributed by atoms with Crippen LogP contribution in [0.3, 0.4) is 0 Å². The maximum absolute atomic E-state index is 11.4. The molecule has 3 nitrogen and oxygen atoms in total. The molecule has 1 aromatic carbocycles. The molecule has 2 atom stereocenters. The largest absolute Gasteiger partial charge is 0.466 e. The van der Waals surface area contributed by atoms with Crippen LogP contribution in [-0.4, -0.2) is 25.7 Å². The van der Waals surface area contributed by atoms with Crippen molar-refractivity contribution in [1.29, 1.82) is 0 Å². The summed E-state index contributed by atoms with van der Waals surface area (Å²) in [7, 11) is 0. The van der Waals surface area contributed by atoms with Gasteiger partial charge in [0.05, 0.1) is 12.5 Å². The van der Waals surface area contributed by atoms with Crippen LogP contribution < -0.4 is 5.32 Å². The molecule has 0 bridgehead atoms. The molecule has 0 amide bonds. The summed E-state index contributed by atoms with van der Waals surface area (Å²) in [5.74, 6) is 0.426. The highest BCUT2D eigenvalue weighted by Crippen LogP contribution is 2.33. The zero-order chi connectivity index (χ0) is 13.0. The monoisotopic (exact) mass is 247 g/mol. The minimum atomic E-state index is -0.112. The third-order valence-corrected chi connectivity index (χ3v) is 3.49. The molecule has 1 N–H and O–H groups in total. The lowest BCUT2D eigenvalue weighted by molar-refractivity contribution is -0.147. The molecule has 0 heterocycles. The number of carbonyl (C=O) groups excluding carboxylic acids is 1. The molecule has 18 heavy (non-hydrogen) atoms. The molecule has 98 valence electrons. The van der Waals surface area contributed by atoms with E-state index in [1.807, 2.05) is 13.8 Å². The molecule has 0 saturated carbocycles. The summed E-state index contributed by atoms with van der Waals surface area (Å²) in [5, 5.41) is 3.37. The van der Waals surface area contributed by atoms with Crippen LogP contribution in [0.15, 0.2) is 24.3 Å². The van der Waals surface area contributed by atoms with Crippen molar-refractivity contribution in [2.45, 2.75) is 26.2 Å². The second kappa shape index (κ2) is 6.01. The van der Waals surface area contributed by atoms with Gasteiger partial charge in [-0.1, -0.05) is 31.2 Å². The molecular formula is C15H21NO2. The molecule has 0 spiro atoms. The molecule has 1 aliphatic rings. The first-order valence-corrected chi connectivity index (χ1v) is 6.67. The van der Waals surface area contributed by atoms with Gasteiger partial charge in [-0.25, -0.2) is 0 Å². The fourth-order valence-corrected chi connectivity index (χ4v) is 2.39. The third-order valence-electron chi connectivity index (χ3n) is 3.49. The standard InChI is InChI=1S/C15H21NO2/c1-3-18-15(17)11(2)9-16-10-13-8-12-6-4-5-7-14(12)13/h4-7,11,13,16H,3,8-10H2,1-2H3. The minimum Gasteiger partial charge on any atom is -0.466 e. The van der Waals surface area contributed by atoms with Crippen molar-refractivity contribution in [2.24, 2.45) is 5.92 Å². The van der Waals surface area contributed by atoms with Crippen LogP contribution >= 0.6 is 0 Å². The average Bonchev–Trinajstić information content (AvgIpc) is 2.35. The van der Waals surface area contributed by atoms with E-state index in [1.54, 1.807) is 0 Å². The topological polar surface area (TPSA) is 38.3 Å². The van der Waals surface area contributed by atoms with Crippen molar-refractivity contribution in [1.82, 2.24) is 5.32 Å². The Labute approximate surface area is 109 Å². The van der Waals surface area contributed by atoms with Crippen LogP contribution in [0.5, 0.6) is 0 Å². The molecule has 2 unspecified atom stereocenters. The van der Waals surface area contributed by atoms with Crippen molar-refractivity contribution in [2.75, 3.05) is 19.7 Å². The number of esters is 1. The highest BCUT2D eigenvalue weighted by Gasteiger charge is 2.25. The van der Waals surface area contributed by atoms with Gasteiger partial charge in [-0.3, -0.25) is 4.79 Å². The van der Waals surface area contributed by atoms with Crippen molar-refractivity contribution in [3.8, 4) is 0 Å². The lowest BCUT2D eigenvalue weighted by atomic mass is 9.77. The molecule has 2 rings (SSSR count). The van der Waals surface area contributed by atoms with Crippen molar-refractivity contribution in [3.63, 3.8) is 0 Å². The number of rotatable bonds is 6. The Morgan fingerprint density at radius 2 is 2.28 bits per heavy atom. The first kappa shape index (κ1) is 13.1. The van der Waals surface area contributed by atoms with Gasteiger partial charge in [0, 0.05) is 19.0 Å². The van der Waals surface area contributed by atoms with Crippen LogP contribution in [-0.2, 0) is 16.0 Å². The second-order valence-corrected chi connectivity index (χ2v) is 4.91. The zero-order valence-electron chi connectivity index (χ0n) is 11.1. The van der Waals surface area contributed by atoms with E-state index in [2.05, 4.69) is 29.6 Å². The van der Waals surface area contributed by atoms with Gasteiger partial charge in [0.1, 0.15) is 0 Å². The third kappa shape index (κ3) is 2.91. The van der Waals surface area contributed by atoms with Crippen LogP contribution in [0.25, 0.3) is 0 Å². The Morgan fingerprint density at radius 1 is 1.50 bits per heavy atom. The van der Waals surface area contributed by atoms with Crippen molar-refractivity contribution >= 4 is 5.97 Å². The predicted molar refractivity (Wildman–Crippen MR) is 71.6 cm³/mol. The zero-order valence-corrected chi connectivity index (χ0v) is 11.1. The molecule has 0 aliphatic heterocycles. The van der Waals surface area contributed by atoms with E-state index >= 15 is 0 Å². The van der Waals surface area contributed by atoms with Gasteiger partial charge < -0.3 is 10.1 Å². The molecule has 0 radical (unpaired) electrons. The van der Waals surface area contributed by atoms with E-state index in [0.29, 0.717) is 19.1 Å². The average molecular weight is 247 g/mol. The smallest absolute Gasteiger partial charge is 0.309 e. The Hall–Kier alpha value is -1.35. The van der Waals surface area contributed by atoms with Gasteiger partial charge in [0.25, 0.3) is 0 Å². The summed E-state index contributed by atoms with van der Waals surface area (Å²) in [4.78, 5) is 11.4. The lowest BCUT2D eigenvalue weighted by Gasteiger charge is -2.30. The summed E-state index contributed by atoms with van der Waals surface area (Å²) in [5.41, 5.74) is 2.91. The summed E-state index contributed by atoms with van der Waals surface area (Å²) >= 11 is 0.